The maximum absolute atomic E-state index is 5.66. The number of pyridine rings is 1. The fourth-order valence-corrected chi connectivity index (χ4v) is 2.54. The number of hydrogen-bond acceptors (Lipinski definition) is 4. The summed E-state index contributed by atoms with van der Waals surface area (Å²) in [6, 6.07) is 12.1. The lowest BCUT2D eigenvalue weighted by atomic mass is 10.1. The Labute approximate surface area is 116 Å². The quantitative estimate of drug-likeness (QED) is 0.774. The Morgan fingerprint density at radius 2 is 2.15 bits per heavy atom. The van der Waals surface area contributed by atoms with Gasteiger partial charge in [0.15, 0.2) is 5.65 Å². The fourth-order valence-electron chi connectivity index (χ4n) is 2.54. The molecule has 0 aliphatic carbocycles. The Kier molecular flexibility index (Phi) is 2.39. The van der Waals surface area contributed by atoms with Crippen molar-refractivity contribution in [2.45, 2.75) is 13.0 Å². The molecule has 1 aliphatic rings. The molecule has 0 amide bonds. The van der Waals surface area contributed by atoms with Gasteiger partial charge in [0.05, 0.1) is 6.04 Å². The third kappa shape index (κ3) is 1.71. The van der Waals surface area contributed by atoms with E-state index in [1.807, 2.05) is 43.5 Å². The Morgan fingerprint density at radius 1 is 1.25 bits per heavy atom. The highest BCUT2D eigenvalue weighted by Gasteiger charge is 2.24. The van der Waals surface area contributed by atoms with Crippen LogP contribution in [-0.2, 0) is 0 Å². The molecule has 5 nitrogen and oxygen atoms in total. The molecule has 1 atom stereocenters. The van der Waals surface area contributed by atoms with Gasteiger partial charge < -0.3 is 10.1 Å². The summed E-state index contributed by atoms with van der Waals surface area (Å²) in [5, 5.41) is 7.79. The number of anilines is 1. The lowest BCUT2D eigenvalue weighted by Gasteiger charge is -2.08. The first-order valence-corrected chi connectivity index (χ1v) is 6.61. The van der Waals surface area contributed by atoms with Crippen LogP contribution in [0.3, 0.4) is 0 Å². The molecule has 0 bridgehead atoms. The van der Waals surface area contributed by atoms with Crippen LogP contribution < -0.4 is 10.1 Å². The van der Waals surface area contributed by atoms with Crippen LogP contribution >= 0.6 is 0 Å². The number of aryl methyl sites for hydroxylation is 1. The van der Waals surface area contributed by atoms with Gasteiger partial charge in [0, 0.05) is 11.8 Å². The van der Waals surface area contributed by atoms with E-state index in [0.29, 0.717) is 12.6 Å². The summed E-state index contributed by atoms with van der Waals surface area (Å²) in [5.41, 5.74) is 3.14. The van der Waals surface area contributed by atoms with Gasteiger partial charge in [0.25, 0.3) is 0 Å². The molecule has 3 heterocycles. The summed E-state index contributed by atoms with van der Waals surface area (Å²) in [6.45, 7) is 2.63. The van der Waals surface area contributed by atoms with Gasteiger partial charge in [0.2, 0.25) is 5.95 Å². The third-order valence-electron chi connectivity index (χ3n) is 3.56. The zero-order valence-electron chi connectivity index (χ0n) is 11.1. The number of hydrogen-bond donors (Lipinski definition) is 1. The second-order valence-corrected chi connectivity index (χ2v) is 4.94. The monoisotopic (exact) mass is 266 g/mol. The van der Waals surface area contributed by atoms with Gasteiger partial charge in [-0.3, -0.25) is 0 Å². The SMILES string of the molecule is Cc1cccn2nc(NC3COc4ccccc43)nc12. The summed E-state index contributed by atoms with van der Waals surface area (Å²) < 4.78 is 7.45. The molecule has 100 valence electrons. The molecular formula is C15H14N4O. The van der Waals surface area contributed by atoms with Crippen LogP contribution in [0.2, 0.25) is 0 Å². The van der Waals surface area contributed by atoms with Crippen molar-refractivity contribution < 1.29 is 4.74 Å². The summed E-state index contributed by atoms with van der Waals surface area (Å²) >= 11 is 0. The lowest BCUT2D eigenvalue weighted by molar-refractivity contribution is 0.339. The first-order valence-electron chi connectivity index (χ1n) is 6.61. The van der Waals surface area contributed by atoms with Gasteiger partial charge in [-0.05, 0) is 24.6 Å². The van der Waals surface area contributed by atoms with Crippen molar-refractivity contribution in [3.05, 3.63) is 53.7 Å². The van der Waals surface area contributed by atoms with Crippen LogP contribution in [0.1, 0.15) is 17.2 Å². The number of para-hydroxylation sites is 1. The van der Waals surface area contributed by atoms with E-state index in [2.05, 4.69) is 21.5 Å². The minimum Gasteiger partial charge on any atom is -0.491 e. The molecule has 0 saturated carbocycles. The van der Waals surface area contributed by atoms with Gasteiger partial charge in [-0.25, -0.2) is 4.52 Å². The average molecular weight is 266 g/mol. The van der Waals surface area contributed by atoms with Crippen LogP contribution in [-0.4, -0.2) is 21.2 Å². The van der Waals surface area contributed by atoms with Crippen LogP contribution in [0.4, 0.5) is 5.95 Å². The van der Waals surface area contributed by atoms with Gasteiger partial charge in [0.1, 0.15) is 12.4 Å². The molecule has 0 radical (unpaired) electrons. The van der Waals surface area contributed by atoms with Crippen molar-refractivity contribution in [3.8, 4) is 5.75 Å². The molecule has 3 aromatic rings. The number of nitrogens with one attached hydrogen (secondary N) is 1. The standard InChI is InChI=1S/C15H14N4O/c1-10-5-4-8-19-14(10)17-15(18-19)16-12-9-20-13-7-3-2-6-11(12)13/h2-8,12H,9H2,1H3,(H,16,18). The molecule has 20 heavy (non-hydrogen) atoms. The fraction of sp³-hybridized carbons (Fsp3) is 0.200. The van der Waals surface area contributed by atoms with E-state index in [-0.39, 0.29) is 6.04 Å². The van der Waals surface area contributed by atoms with E-state index < -0.39 is 0 Å². The Morgan fingerprint density at radius 3 is 3.05 bits per heavy atom. The minimum atomic E-state index is 0.101. The molecule has 1 unspecified atom stereocenters. The van der Waals surface area contributed by atoms with Gasteiger partial charge >= 0.3 is 0 Å². The van der Waals surface area contributed by atoms with Gasteiger partial charge in [-0.2, -0.15) is 4.98 Å². The van der Waals surface area contributed by atoms with E-state index >= 15 is 0 Å². The molecule has 1 N–H and O–H groups in total. The Bertz CT molecular complexity index is 780. The number of fused-ring (bicyclic) bond motifs is 2. The molecule has 0 spiro atoms. The zero-order chi connectivity index (χ0) is 13.5. The zero-order valence-corrected chi connectivity index (χ0v) is 11.1. The van der Waals surface area contributed by atoms with Gasteiger partial charge in [-0.15, -0.1) is 5.10 Å². The predicted molar refractivity (Wildman–Crippen MR) is 76.0 cm³/mol. The van der Waals surface area contributed by atoms with Crippen molar-refractivity contribution in [1.82, 2.24) is 14.6 Å². The largest absolute Gasteiger partial charge is 0.491 e. The number of benzene rings is 1. The van der Waals surface area contributed by atoms with Crippen LogP contribution in [0.25, 0.3) is 5.65 Å². The highest BCUT2D eigenvalue weighted by atomic mass is 16.5. The van der Waals surface area contributed by atoms with E-state index in [0.717, 1.165) is 22.5 Å². The van der Waals surface area contributed by atoms with Gasteiger partial charge in [-0.1, -0.05) is 24.3 Å². The van der Waals surface area contributed by atoms with E-state index in [1.54, 1.807) is 4.52 Å². The smallest absolute Gasteiger partial charge is 0.243 e. The van der Waals surface area contributed by atoms with E-state index in [4.69, 9.17) is 4.74 Å². The maximum Gasteiger partial charge on any atom is 0.243 e. The number of rotatable bonds is 2. The highest BCUT2D eigenvalue weighted by molar-refractivity contribution is 5.51. The predicted octanol–water partition coefficient (Wildman–Crippen LogP) is 2.58. The normalized spacial score (nSPS) is 16.9. The number of nitrogens with zero attached hydrogens (tertiary/aromatic N) is 3. The molecule has 4 rings (SSSR count). The summed E-state index contributed by atoms with van der Waals surface area (Å²) in [4.78, 5) is 4.53. The van der Waals surface area contributed by atoms with Crippen LogP contribution in [0, 0.1) is 6.92 Å². The van der Waals surface area contributed by atoms with E-state index in [9.17, 15) is 0 Å². The number of ether oxygens (including phenoxy) is 1. The van der Waals surface area contributed by atoms with E-state index in [1.165, 1.54) is 0 Å². The summed E-state index contributed by atoms with van der Waals surface area (Å²) in [6.07, 6.45) is 1.90. The molecule has 5 heteroatoms. The van der Waals surface area contributed by atoms with Crippen LogP contribution in [0.15, 0.2) is 42.6 Å². The topological polar surface area (TPSA) is 51.5 Å². The maximum atomic E-state index is 5.66. The molecular weight excluding hydrogens is 252 g/mol. The van der Waals surface area contributed by atoms with Crippen molar-refractivity contribution in [2.75, 3.05) is 11.9 Å². The Hall–Kier alpha value is -2.56. The minimum absolute atomic E-state index is 0.101. The molecule has 2 aromatic heterocycles. The van der Waals surface area contributed by atoms with Crippen LogP contribution in [0.5, 0.6) is 5.75 Å². The molecule has 1 aromatic carbocycles. The number of aromatic nitrogens is 3. The van der Waals surface area contributed by atoms with Crippen molar-refractivity contribution in [1.29, 1.82) is 0 Å². The lowest BCUT2D eigenvalue weighted by Crippen LogP contribution is -2.13. The Balaban J connectivity index is 1.67. The second-order valence-electron chi connectivity index (χ2n) is 4.94. The van der Waals surface area contributed by atoms with Crippen molar-refractivity contribution in [2.24, 2.45) is 0 Å². The molecule has 1 aliphatic heterocycles. The first-order chi connectivity index (χ1) is 9.81. The summed E-state index contributed by atoms with van der Waals surface area (Å²) in [7, 11) is 0. The van der Waals surface area contributed by atoms with Crippen molar-refractivity contribution in [3.63, 3.8) is 0 Å². The molecule has 0 fully saturated rings. The average Bonchev–Trinajstić information content (AvgIpc) is 3.05. The molecule has 0 saturated heterocycles. The summed E-state index contributed by atoms with van der Waals surface area (Å²) in [5.74, 6) is 1.56. The first kappa shape index (κ1) is 11.3. The second kappa shape index (κ2) is 4.23. The third-order valence-corrected chi connectivity index (χ3v) is 3.56. The highest BCUT2D eigenvalue weighted by Crippen LogP contribution is 2.33. The van der Waals surface area contributed by atoms with Crippen molar-refractivity contribution >= 4 is 11.6 Å².